The van der Waals surface area contributed by atoms with Crippen LogP contribution in [0.3, 0.4) is 0 Å². The normalized spacial score (nSPS) is 16.9. The average Bonchev–Trinajstić information content (AvgIpc) is 3.03. The predicted molar refractivity (Wildman–Crippen MR) is 80.4 cm³/mol. The number of nitrogens with one attached hydrogen (secondary N) is 1. The Hall–Kier alpha value is -2.13. The van der Waals surface area contributed by atoms with Gasteiger partial charge in [0.25, 0.3) is 10.0 Å². The van der Waals surface area contributed by atoms with E-state index in [1.165, 1.54) is 4.31 Å². The lowest BCUT2D eigenvalue weighted by Crippen LogP contribution is -2.42. The van der Waals surface area contributed by atoms with Gasteiger partial charge in [-0.1, -0.05) is 6.08 Å². The molecule has 1 aliphatic heterocycles. The number of sulfonamides is 1. The number of carboxylic acid groups (broad SMARTS) is 1. The van der Waals surface area contributed by atoms with E-state index < -0.39 is 26.8 Å². The summed E-state index contributed by atoms with van der Waals surface area (Å²) in [5.74, 6) is -2.12. The van der Waals surface area contributed by atoms with Crippen molar-refractivity contribution in [1.82, 2.24) is 9.62 Å². The van der Waals surface area contributed by atoms with Crippen LogP contribution in [0.5, 0.6) is 0 Å². The fourth-order valence-corrected chi connectivity index (χ4v) is 3.76. The van der Waals surface area contributed by atoms with E-state index in [1.54, 1.807) is 6.08 Å². The molecule has 1 fully saturated rings. The van der Waals surface area contributed by atoms with Crippen LogP contribution >= 0.6 is 0 Å². The highest BCUT2D eigenvalue weighted by Gasteiger charge is 2.34. The number of carbonyl (C=O) groups is 2. The third-order valence-electron chi connectivity index (χ3n) is 3.63. The summed E-state index contributed by atoms with van der Waals surface area (Å²) in [6, 6.07) is 2.23. The largest absolute Gasteiger partial charge is 0.475 e. The van der Waals surface area contributed by atoms with Gasteiger partial charge >= 0.3 is 5.97 Å². The summed E-state index contributed by atoms with van der Waals surface area (Å²) in [6.45, 7) is 4.25. The third-order valence-corrected chi connectivity index (χ3v) is 5.40. The molecule has 0 unspecified atom stereocenters. The molecule has 2 rings (SSSR count). The number of amides is 1. The Kier molecular flexibility index (Phi) is 5.22. The van der Waals surface area contributed by atoms with E-state index in [4.69, 9.17) is 9.52 Å². The van der Waals surface area contributed by atoms with Crippen LogP contribution < -0.4 is 5.32 Å². The molecule has 0 aliphatic carbocycles. The highest BCUT2D eigenvalue weighted by atomic mass is 32.2. The molecule has 1 aromatic rings. The minimum atomic E-state index is -3.89. The van der Waals surface area contributed by atoms with Gasteiger partial charge in [-0.2, -0.15) is 4.31 Å². The lowest BCUT2D eigenvalue weighted by atomic mass is 9.97. The zero-order valence-corrected chi connectivity index (χ0v) is 13.2. The SMILES string of the molecule is C=CCNC(=O)C1CCN(S(=O)(=O)c2ccc(C(=O)O)o2)CC1. The molecule has 2 N–H and O–H groups in total. The average molecular weight is 342 g/mol. The molecule has 2 heterocycles. The molecule has 8 nitrogen and oxygen atoms in total. The Bertz CT molecular complexity index is 701. The maximum atomic E-state index is 12.4. The fraction of sp³-hybridized carbons (Fsp3) is 0.429. The van der Waals surface area contributed by atoms with E-state index in [9.17, 15) is 18.0 Å². The van der Waals surface area contributed by atoms with E-state index in [-0.39, 0.29) is 24.9 Å². The number of carboxylic acids is 1. The summed E-state index contributed by atoms with van der Waals surface area (Å²) in [4.78, 5) is 22.6. The van der Waals surface area contributed by atoms with Crippen molar-refractivity contribution < 1.29 is 27.5 Å². The highest BCUT2D eigenvalue weighted by Crippen LogP contribution is 2.25. The van der Waals surface area contributed by atoms with Crippen molar-refractivity contribution in [3.8, 4) is 0 Å². The lowest BCUT2D eigenvalue weighted by molar-refractivity contribution is -0.125. The van der Waals surface area contributed by atoms with Crippen molar-refractivity contribution in [3.63, 3.8) is 0 Å². The van der Waals surface area contributed by atoms with E-state index in [1.807, 2.05) is 0 Å². The lowest BCUT2D eigenvalue weighted by Gasteiger charge is -2.29. The van der Waals surface area contributed by atoms with Gasteiger partial charge in [0.2, 0.25) is 16.8 Å². The van der Waals surface area contributed by atoms with Crippen LogP contribution in [0.1, 0.15) is 23.4 Å². The van der Waals surface area contributed by atoms with Gasteiger partial charge in [0.1, 0.15) is 0 Å². The van der Waals surface area contributed by atoms with Crippen molar-refractivity contribution in [3.05, 3.63) is 30.5 Å². The summed E-state index contributed by atoms with van der Waals surface area (Å²) < 4.78 is 30.9. The summed E-state index contributed by atoms with van der Waals surface area (Å²) in [5.41, 5.74) is 0. The number of nitrogens with zero attached hydrogens (tertiary/aromatic N) is 1. The Morgan fingerprint density at radius 2 is 2.04 bits per heavy atom. The molecule has 23 heavy (non-hydrogen) atoms. The first kappa shape index (κ1) is 17.2. The van der Waals surface area contributed by atoms with Gasteiger partial charge in [0, 0.05) is 25.6 Å². The molecular formula is C14H18N2O6S. The summed E-state index contributed by atoms with van der Waals surface area (Å²) in [7, 11) is -3.89. The van der Waals surface area contributed by atoms with Crippen LogP contribution in [0.25, 0.3) is 0 Å². The fourth-order valence-electron chi connectivity index (χ4n) is 2.38. The molecule has 0 atom stereocenters. The second-order valence-electron chi connectivity index (χ2n) is 5.14. The molecule has 0 bridgehead atoms. The van der Waals surface area contributed by atoms with Crippen LogP contribution in [0, 0.1) is 5.92 Å². The number of aromatic carboxylic acids is 1. The summed E-state index contributed by atoms with van der Waals surface area (Å²) in [6.07, 6.45) is 2.37. The minimum absolute atomic E-state index is 0.117. The van der Waals surface area contributed by atoms with E-state index in [0.717, 1.165) is 12.1 Å². The van der Waals surface area contributed by atoms with Gasteiger partial charge in [-0.05, 0) is 25.0 Å². The van der Waals surface area contributed by atoms with Gasteiger partial charge < -0.3 is 14.8 Å². The minimum Gasteiger partial charge on any atom is -0.475 e. The number of rotatable bonds is 6. The number of carbonyl (C=O) groups excluding carboxylic acids is 1. The van der Waals surface area contributed by atoms with Crippen LogP contribution in [0.4, 0.5) is 0 Å². The van der Waals surface area contributed by atoms with Crippen LogP contribution in [-0.4, -0.2) is 49.3 Å². The zero-order chi connectivity index (χ0) is 17.0. The van der Waals surface area contributed by atoms with Crippen molar-refractivity contribution >= 4 is 21.9 Å². The quantitative estimate of drug-likeness (QED) is 0.734. The number of hydrogen-bond donors (Lipinski definition) is 2. The molecule has 1 amide bonds. The maximum Gasteiger partial charge on any atom is 0.371 e. The Morgan fingerprint density at radius 1 is 1.39 bits per heavy atom. The van der Waals surface area contributed by atoms with Gasteiger partial charge in [-0.3, -0.25) is 4.79 Å². The van der Waals surface area contributed by atoms with Crippen LogP contribution in [-0.2, 0) is 14.8 Å². The van der Waals surface area contributed by atoms with E-state index in [0.29, 0.717) is 19.4 Å². The Balaban J connectivity index is 2.02. The number of piperidine rings is 1. The topological polar surface area (TPSA) is 117 Å². The van der Waals surface area contributed by atoms with Crippen LogP contribution in [0.2, 0.25) is 0 Å². The van der Waals surface area contributed by atoms with Crippen molar-refractivity contribution in [2.75, 3.05) is 19.6 Å². The van der Waals surface area contributed by atoms with Gasteiger partial charge in [-0.25, -0.2) is 13.2 Å². The molecule has 1 aliphatic rings. The monoisotopic (exact) mass is 342 g/mol. The Morgan fingerprint density at radius 3 is 2.57 bits per heavy atom. The molecule has 0 aromatic carbocycles. The second-order valence-corrected chi connectivity index (χ2v) is 7.00. The first-order chi connectivity index (χ1) is 10.9. The molecule has 0 radical (unpaired) electrons. The Labute approximate surface area is 133 Å². The van der Waals surface area contributed by atoms with E-state index >= 15 is 0 Å². The number of hydrogen-bond acceptors (Lipinski definition) is 5. The van der Waals surface area contributed by atoms with Gasteiger partial charge in [0.05, 0.1) is 0 Å². The standard InChI is InChI=1S/C14H18N2O6S/c1-2-7-15-13(17)10-5-8-16(9-6-10)23(20,21)12-4-3-11(22-12)14(18)19/h2-4,10H,1,5-9H2,(H,15,17)(H,18,19). The van der Waals surface area contributed by atoms with Crippen molar-refractivity contribution in [1.29, 1.82) is 0 Å². The summed E-state index contributed by atoms with van der Waals surface area (Å²) in [5, 5.41) is 11.1. The second kappa shape index (κ2) is 6.97. The maximum absolute atomic E-state index is 12.4. The molecule has 1 saturated heterocycles. The predicted octanol–water partition coefficient (Wildman–Crippen LogP) is 0.681. The number of furan rings is 1. The van der Waals surface area contributed by atoms with Crippen molar-refractivity contribution in [2.45, 2.75) is 17.9 Å². The van der Waals surface area contributed by atoms with Gasteiger partial charge in [-0.15, -0.1) is 6.58 Å². The first-order valence-electron chi connectivity index (χ1n) is 7.08. The molecule has 1 aromatic heterocycles. The molecule has 0 spiro atoms. The van der Waals surface area contributed by atoms with E-state index in [2.05, 4.69) is 11.9 Å². The highest BCUT2D eigenvalue weighted by molar-refractivity contribution is 7.89. The van der Waals surface area contributed by atoms with Crippen molar-refractivity contribution in [2.24, 2.45) is 5.92 Å². The smallest absolute Gasteiger partial charge is 0.371 e. The zero-order valence-electron chi connectivity index (χ0n) is 12.4. The third kappa shape index (κ3) is 3.80. The molecule has 9 heteroatoms. The molecular weight excluding hydrogens is 324 g/mol. The molecule has 0 saturated carbocycles. The summed E-state index contributed by atoms with van der Waals surface area (Å²) >= 11 is 0. The van der Waals surface area contributed by atoms with Crippen LogP contribution in [0.15, 0.2) is 34.3 Å². The molecule has 126 valence electrons. The first-order valence-corrected chi connectivity index (χ1v) is 8.52. The van der Waals surface area contributed by atoms with Gasteiger partial charge in [0.15, 0.2) is 0 Å².